The standard InChI is InChI=1S/C13H29N3/c1-2-3-4-5-8-15-10-12-16(13-11-15)9-6-7-14/h2-14H2,1H3. The minimum Gasteiger partial charge on any atom is -0.330 e. The molecular weight excluding hydrogens is 198 g/mol. The minimum atomic E-state index is 0.831. The lowest BCUT2D eigenvalue weighted by Gasteiger charge is -2.34. The maximum atomic E-state index is 5.53. The van der Waals surface area contributed by atoms with E-state index in [4.69, 9.17) is 5.73 Å². The SMILES string of the molecule is CCCCCCN1CCN(CCCN)CC1. The number of hydrogen-bond donors (Lipinski definition) is 1. The summed E-state index contributed by atoms with van der Waals surface area (Å²) in [4.78, 5) is 5.17. The molecule has 0 aliphatic carbocycles. The van der Waals surface area contributed by atoms with Crippen LogP contribution in [0.5, 0.6) is 0 Å². The molecule has 0 spiro atoms. The van der Waals surface area contributed by atoms with E-state index in [1.807, 2.05) is 0 Å². The molecular formula is C13H29N3. The van der Waals surface area contributed by atoms with Gasteiger partial charge in [0.25, 0.3) is 0 Å². The van der Waals surface area contributed by atoms with Crippen LogP contribution < -0.4 is 5.73 Å². The van der Waals surface area contributed by atoms with E-state index < -0.39 is 0 Å². The maximum absolute atomic E-state index is 5.53. The van der Waals surface area contributed by atoms with E-state index in [0.717, 1.165) is 13.0 Å². The molecule has 0 bridgehead atoms. The molecule has 0 radical (unpaired) electrons. The van der Waals surface area contributed by atoms with Crippen LogP contribution in [0, 0.1) is 0 Å². The van der Waals surface area contributed by atoms with Crippen LogP contribution in [0.2, 0.25) is 0 Å². The molecule has 2 N–H and O–H groups in total. The summed E-state index contributed by atoms with van der Waals surface area (Å²) < 4.78 is 0. The number of rotatable bonds is 8. The quantitative estimate of drug-likeness (QED) is 0.638. The van der Waals surface area contributed by atoms with Crippen LogP contribution in [0.4, 0.5) is 0 Å². The van der Waals surface area contributed by atoms with E-state index in [-0.39, 0.29) is 0 Å². The van der Waals surface area contributed by atoms with Crippen LogP contribution in [0.3, 0.4) is 0 Å². The molecule has 0 aromatic carbocycles. The molecule has 0 unspecified atom stereocenters. The van der Waals surface area contributed by atoms with Gasteiger partial charge in [-0.25, -0.2) is 0 Å². The second-order valence-corrected chi connectivity index (χ2v) is 4.89. The largest absolute Gasteiger partial charge is 0.330 e. The van der Waals surface area contributed by atoms with Crippen molar-refractivity contribution in [3.8, 4) is 0 Å². The lowest BCUT2D eigenvalue weighted by Crippen LogP contribution is -2.46. The summed E-state index contributed by atoms with van der Waals surface area (Å²) in [5.41, 5.74) is 5.53. The highest BCUT2D eigenvalue weighted by Gasteiger charge is 2.15. The summed E-state index contributed by atoms with van der Waals surface area (Å²) in [6, 6.07) is 0. The molecule has 1 saturated heterocycles. The van der Waals surface area contributed by atoms with Gasteiger partial charge >= 0.3 is 0 Å². The fourth-order valence-corrected chi connectivity index (χ4v) is 2.31. The van der Waals surface area contributed by atoms with Gasteiger partial charge in [-0.3, -0.25) is 0 Å². The van der Waals surface area contributed by atoms with E-state index in [0.29, 0.717) is 0 Å². The molecule has 0 saturated carbocycles. The number of nitrogens with two attached hydrogens (primary N) is 1. The van der Waals surface area contributed by atoms with Gasteiger partial charge < -0.3 is 15.5 Å². The van der Waals surface area contributed by atoms with Crippen molar-refractivity contribution in [2.45, 2.75) is 39.0 Å². The van der Waals surface area contributed by atoms with Crippen molar-refractivity contribution >= 4 is 0 Å². The predicted molar refractivity (Wildman–Crippen MR) is 70.7 cm³/mol. The smallest absolute Gasteiger partial charge is 0.0110 e. The Bertz CT molecular complexity index is 153. The first kappa shape index (κ1) is 13.9. The molecule has 1 aliphatic heterocycles. The van der Waals surface area contributed by atoms with Crippen LogP contribution in [0.1, 0.15) is 39.0 Å². The van der Waals surface area contributed by atoms with Gasteiger partial charge in [-0.2, -0.15) is 0 Å². The van der Waals surface area contributed by atoms with Gasteiger partial charge in [0.1, 0.15) is 0 Å². The third-order valence-electron chi connectivity index (χ3n) is 3.47. The molecule has 0 aromatic heterocycles. The lowest BCUT2D eigenvalue weighted by atomic mass is 10.2. The average molecular weight is 227 g/mol. The second kappa shape index (κ2) is 8.97. The fraction of sp³-hybridized carbons (Fsp3) is 1.00. The van der Waals surface area contributed by atoms with Crippen molar-refractivity contribution in [1.82, 2.24) is 9.80 Å². The summed E-state index contributed by atoms with van der Waals surface area (Å²) in [6.07, 6.45) is 6.68. The minimum absolute atomic E-state index is 0.831. The molecule has 1 fully saturated rings. The first-order valence-electron chi connectivity index (χ1n) is 7.01. The highest BCUT2D eigenvalue weighted by molar-refractivity contribution is 4.71. The number of nitrogens with zero attached hydrogens (tertiary/aromatic N) is 2. The molecule has 1 rings (SSSR count). The fourth-order valence-electron chi connectivity index (χ4n) is 2.31. The molecule has 0 atom stereocenters. The zero-order valence-electron chi connectivity index (χ0n) is 11.0. The van der Waals surface area contributed by atoms with Gasteiger partial charge in [0.15, 0.2) is 0 Å². The molecule has 1 heterocycles. The zero-order chi connectivity index (χ0) is 11.6. The van der Waals surface area contributed by atoms with Gasteiger partial charge in [-0.05, 0) is 32.5 Å². The topological polar surface area (TPSA) is 32.5 Å². The molecule has 3 heteroatoms. The van der Waals surface area contributed by atoms with E-state index >= 15 is 0 Å². The Morgan fingerprint density at radius 3 is 1.88 bits per heavy atom. The first-order valence-corrected chi connectivity index (χ1v) is 7.01. The number of hydrogen-bond acceptors (Lipinski definition) is 3. The third-order valence-corrected chi connectivity index (χ3v) is 3.47. The monoisotopic (exact) mass is 227 g/mol. The van der Waals surface area contributed by atoms with Crippen molar-refractivity contribution < 1.29 is 0 Å². The first-order chi connectivity index (χ1) is 7.86. The molecule has 1 aliphatic rings. The molecule has 96 valence electrons. The van der Waals surface area contributed by atoms with Gasteiger partial charge in [-0.15, -0.1) is 0 Å². The summed E-state index contributed by atoms with van der Waals surface area (Å²) in [5.74, 6) is 0. The lowest BCUT2D eigenvalue weighted by molar-refractivity contribution is 0.130. The van der Waals surface area contributed by atoms with Gasteiger partial charge in [-0.1, -0.05) is 26.2 Å². The second-order valence-electron chi connectivity index (χ2n) is 4.89. The van der Waals surface area contributed by atoms with E-state index in [1.165, 1.54) is 65.0 Å². The van der Waals surface area contributed by atoms with Crippen LogP contribution in [-0.2, 0) is 0 Å². The summed E-state index contributed by atoms with van der Waals surface area (Å²) in [7, 11) is 0. The number of unbranched alkanes of at least 4 members (excludes halogenated alkanes) is 3. The van der Waals surface area contributed by atoms with E-state index in [9.17, 15) is 0 Å². The molecule has 0 amide bonds. The van der Waals surface area contributed by atoms with Crippen LogP contribution >= 0.6 is 0 Å². The van der Waals surface area contributed by atoms with Crippen LogP contribution in [0.25, 0.3) is 0 Å². The average Bonchev–Trinajstić information content (AvgIpc) is 2.33. The summed E-state index contributed by atoms with van der Waals surface area (Å²) in [5, 5.41) is 0. The Balaban J connectivity index is 1.98. The Labute approximate surface area is 101 Å². The Hall–Kier alpha value is -0.120. The van der Waals surface area contributed by atoms with E-state index in [1.54, 1.807) is 0 Å². The van der Waals surface area contributed by atoms with Crippen molar-refractivity contribution in [3.63, 3.8) is 0 Å². The van der Waals surface area contributed by atoms with Gasteiger partial charge in [0, 0.05) is 26.2 Å². The Kier molecular flexibility index (Phi) is 7.81. The highest BCUT2D eigenvalue weighted by Crippen LogP contribution is 2.05. The van der Waals surface area contributed by atoms with E-state index in [2.05, 4.69) is 16.7 Å². The highest BCUT2D eigenvalue weighted by atomic mass is 15.3. The third kappa shape index (κ3) is 5.83. The predicted octanol–water partition coefficient (Wildman–Crippen LogP) is 1.53. The normalized spacial score (nSPS) is 19.1. The van der Waals surface area contributed by atoms with Gasteiger partial charge in [0.05, 0.1) is 0 Å². The van der Waals surface area contributed by atoms with Crippen molar-refractivity contribution in [3.05, 3.63) is 0 Å². The van der Waals surface area contributed by atoms with Crippen molar-refractivity contribution in [2.24, 2.45) is 5.73 Å². The van der Waals surface area contributed by atoms with Crippen molar-refractivity contribution in [1.29, 1.82) is 0 Å². The van der Waals surface area contributed by atoms with Crippen LogP contribution in [0.15, 0.2) is 0 Å². The summed E-state index contributed by atoms with van der Waals surface area (Å²) in [6.45, 7) is 10.6. The zero-order valence-corrected chi connectivity index (χ0v) is 11.0. The van der Waals surface area contributed by atoms with Gasteiger partial charge in [0.2, 0.25) is 0 Å². The Morgan fingerprint density at radius 1 is 0.812 bits per heavy atom. The Morgan fingerprint density at radius 2 is 1.38 bits per heavy atom. The molecule has 3 nitrogen and oxygen atoms in total. The number of piperazine rings is 1. The maximum Gasteiger partial charge on any atom is 0.0110 e. The molecule has 16 heavy (non-hydrogen) atoms. The summed E-state index contributed by atoms with van der Waals surface area (Å²) >= 11 is 0. The van der Waals surface area contributed by atoms with Crippen LogP contribution in [-0.4, -0.2) is 55.6 Å². The van der Waals surface area contributed by atoms with Crippen molar-refractivity contribution in [2.75, 3.05) is 45.8 Å². The molecule has 0 aromatic rings.